The molecule has 0 aliphatic heterocycles. The SMILES string of the molecule is CCc1ccc(Sc2ccc(C#N)cc2)cc1C(=O)OC. The number of esters is 1. The van der Waals surface area contributed by atoms with Gasteiger partial charge in [0, 0.05) is 9.79 Å². The third kappa shape index (κ3) is 3.65. The van der Waals surface area contributed by atoms with E-state index in [1.807, 2.05) is 37.3 Å². The van der Waals surface area contributed by atoms with Gasteiger partial charge >= 0.3 is 5.97 Å². The summed E-state index contributed by atoms with van der Waals surface area (Å²) in [5, 5.41) is 8.79. The molecule has 0 bridgehead atoms. The van der Waals surface area contributed by atoms with Crippen molar-refractivity contribution in [3.05, 3.63) is 59.2 Å². The number of hydrogen-bond donors (Lipinski definition) is 0. The highest BCUT2D eigenvalue weighted by molar-refractivity contribution is 7.99. The van der Waals surface area contributed by atoms with Gasteiger partial charge in [-0.1, -0.05) is 24.8 Å². The maximum absolute atomic E-state index is 11.8. The molecule has 0 aromatic heterocycles. The monoisotopic (exact) mass is 297 g/mol. The van der Waals surface area contributed by atoms with Crippen molar-refractivity contribution in [2.24, 2.45) is 0 Å². The predicted octanol–water partition coefficient (Wildman–Crippen LogP) is 4.06. The van der Waals surface area contributed by atoms with Crippen molar-refractivity contribution in [1.29, 1.82) is 5.26 Å². The summed E-state index contributed by atoms with van der Waals surface area (Å²) >= 11 is 1.55. The molecule has 3 nitrogen and oxygen atoms in total. The van der Waals surface area contributed by atoms with Crippen molar-refractivity contribution in [3.8, 4) is 6.07 Å². The fourth-order valence-electron chi connectivity index (χ4n) is 1.96. The molecular formula is C17H15NO2S. The van der Waals surface area contributed by atoms with Crippen LogP contribution in [-0.2, 0) is 11.2 Å². The largest absolute Gasteiger partial charge is 0.465 e. The van der Waals surface area contributed by atoms with Gasteiger partial charge < -0.3 is 4.74 Å². The summed E-state index contributed by atoms with van der Waals surface area (Å²) in [6.07, 6.45) is 0.784. The predicted molar refractivity (Wildman–Crippen MR) is 82.4 cm³/mol. The number of carbonyl (C=O) groups is 1. The van der Waals surface area contributed by atoms with E-state index in [2.05, 4.69) is 6.07 Å². The third-order valence-corrected chi connectivity index (χ3v) is 4.08. The summed E-state index contributed by atoms with van der Waals surface area (Å²) in [5.74, 6) is -0.311. The Labute approximate surface area is 128 Å². The Morgan fingerprint density at radius 1 is 1.19 bits per heavy atom. The molecule has 0 atom stereocenters. The van der Waals surface area contributed by atoms with E-state index in [-0.39, 0.29) is 5.97 Å². The number of ether oxygens (including phenoxy) is 1. The highest BCUT2D eigenvalue weighted by Crippen LogP contribution is 2.29. The summed E-state index contributed by atoms with van der Waals surface area (Å²) < 4.78 is 4.83. The Morgan fingerprint density at radius 3 is 2.43 bits per heavy atom. The molecule has 2 aromatic carbocycles. The molecule has 4 heteroatoms. The molecule has 0 unspecified atom stereocenters. The highest BCUT2D eigenvalue weighted by Gasteiger charge is 2.12. The molecule has 0 fully saturated rings. The van der Waals surface area contributed by atoms with Gasteiger partial charge in [0.05, 0.1) is 24.3 Å². The molecule has 2 rings (SSSR count). The molecule has 0 aliphatic rings. The van der Waals surface area contributed by atoms with Crippen molar-refractivity contribution < 1.29 is 9.53 Å². The molecule has 0 spiro atoms. The maximum Gasteiger partial charge on any atom is 0.338 e. The Kier molecular flexibility index (Phi) is 5.02. The van der Waals surface area contributed by atoms with Crippen molar-refractivity contribution in [1.82, 2.24) is 0 Å². The number of rotatable bonds is 4. The summed E-state index contributed by atoms with van der Waals surface area (Å²) in [7, 11) is 1.39. The first kappa shape index (κ1) is 15.1. The van der Waals surface area contributed by atoms with Gasteiger partial charge in [0.2, 0.25) is 0 Å². The molecule has 0 saturated carbocycles. The van der Waals surface area contributed by atoms with E-state index in [1.54, 1.807) is 23.9 Å². The molecule has 0 saturated heterocycles. The van der Waals surface area contributed by atoms with Crippen LogP contribution in [0.1, 0.15) is 28.4 Å². The number of benzene rings is 2. The van der Waals surface area contributed by atoms with Crippen molar-refractivity contribution in [3.63, 3.8) is 0 Å². The second kappa shape index (κ2) is 6.96. The van der Waals surface area contributed by atoms with Crippen LogP contribution in [0, 0.1) is 11.3 Å². The normalized spacial score (nSPS) is 9.95. The van der Waals surface area contributed by atoms with Gasteiger partial charge in [-0.2, -0.15) is 5.26 Å². The van der Waals surface area contributed by atoms with E-state index in [0.717, 1.165) is 21.8 Å². The Balaban J connectivity index is 2.27. The number of aryl methyl sites for hydroxylation is 1. The highest BCUT2D eigenvalue weighted by atomic mass is 32.2. The number of carbonyl (C=O) groups excluding carboxylic acids is 1. The average Bonchev–Trinajstić information content (AvgIpc) is 2.54. The molecule has 0 N–H and O–H groups in total. The minimum Gasteiger partial charge on any atom is -0.465 e. The minimum absolute atomic E-state index is 0.311. The van der Waals surface area contributed by atoms with E-state index in [9.17, 15) is 4.79 Å². The summed E-state index contributed by atoms with van der Waals surface area (Å²) in [6.45, 7) is 2.01. The molecule has 0 aliphatic carbocycles. The van der Waals surface area contributed by atoms with Crippen molar-refractivity contribution >= 4 is 17.7 Å². The van der Waals surface area contributed by atoms with Gasteiger partial charge in [-0.05, 0) is 48.4 Å². The van der Waals surface area contributed by atoms with Crippen LogP contribution in [0.25, 0.3) is 0 Å². The zero-order valence-electron chi connectivity index (χ0n) is 11.9. The van der Waals surface area contributed by atoms with Crippen LogP contribution in [0.3, 0.4) is 0 Å². The zero-order chi connectivity index (χ0) is 15.2. The average molecular weight is 297 g/mol. The van der Waals surface area contributed by atoms with Crippen LogP contribution in [-0.4, -0.2) is 13.1 Å². The van der Waals surface area contributed by atoms with Crippen molar-refractivity contribution in [2.45, 2.75) is 23.1 Å². The summed E-state index contributed by atoms with van der Waals surface area (Å²) in [6, 6.07) is 15.3. The topological polar surface area (TPSA) is 50.1 Å². The molecule has 0 amide bonds. The molecule has 0 heterocycles. The zero-order valence-corrected chi connectivity index (χ0v) is 12.7. The first-order valence-corrected chi connectivity index (χ1v) is 7.38. The summed E-state index contributed by atoms with van der Waals surface area (Å²) in [4.78, 5) is 13.8. The Bertz CT molecular complexity index is 687. The Hall–Kier alpha value is -2.25. The molecular weight excluding hydrogens is 282 g/mol. The van der Waals surface area contributed by atoms with Gasteiger partial charge in [0.25, 0.3) is 0 Å². The van der Waals surface area contributed by atoms with E-state index in [1.165, 1.54) is 7.11 Å². The molecule has 0 radical (unpaired) electrons. The second-order valence-electron chi connectivity index (χ2n) is 4.40. The van der Waals surface area contributed by atoms with Gasteiger partial charge in [-0.25, -0.2) is 4.79 Å². The maximum atomic E-state index is 11.8. The fourth-order valence-corrected chi connectivity index (χ4v) is 2.82. The van der Waals surface area contributed by atoms with E-state index in [4.69, 9.17) is 10.00 Å². The summed E-state index contributed by atoms with van der Waals surface area (Å²) in [5.41, 5.74) is 2.22. The lowest BCUT2D eigenvalue weighted by atomic mass is 10.1. The van der Waals surface area contributed by atoms with Crippen LogP contribution in [0.5, 0.6) is 0 Å². The number of nitriles is 1. The van der Waals surface area contributed by atoms with Crippen LogP contribution >= 0.6 is 11.8 Å². The van der Waals surface area contributed by atoms with E-state index >= 15 is 0 Å². The van der Waals surface area contributed by atoms with Crippen molar-refractivity contribution in [2.75, 3.05) is 7.11 Å². The third-order valence-electron chi connectivity index (χ3n) is 3.09. The lowest BCUT2D eigenvalue weighted by molar-refractivity contribution is 0.0599. The molecule has 21 heavy (non-hydrogen) atoms. The van der Waals surface area contributed by atoms with Gasteiger partial charge in [0.15, 0.2) is 0 Å². The molecule has 2 aromatic rings. The van der Waals surface area contributed by atoms with Gasteiger partial charge in [0.1, 0.15) is 0 Å². The lowest BCUT2D eigenvalue weighted by Crippen LogP contribution is -2.05. The smallest absolute Gasteiger partial charge is 0.338 e. The lowest BCUT2D eigenvalue weighted by Gasteiger charge is -2.09. The minimum atomic E-state index is -0.311. The van der Waals surface area contributed by atoms with E-state index < -0.39 is 0 Å². The fraction of sp³-hybridized carbons (Fsp3) is 0.176. The second-order valence-corrected chi connectivity index (χ2v) is 5.55. The number of methoxy groups -OCH3 is 1. The van der Waals surface area contributed by atoms with Crippen LogP contribution in [0.4, 0.5) is 0 Å². The molecule has 106 valence electrons. The van der Waals surface area contributed by atoms with E-state index in [0.29, 0.717) is 11.1 Å². The quantitative estimate of drug-likeness (QED) is 0.799. The Morgan fingerprint density at radius 2 is 1.86 bits per heavy atom. The first-order chi connectivity index (χ1) is 10.2. The number of nitrogens with zero attached hydrogens (tertiary/aromatic N) is 1. The van der Waals surface area contributed by atoms with Crippen LogP contribution in [0.15, 0.2) is 52.3 Å². The van der Waals surface area contributed by atoms with Gasteiger partial charge in [-0.15, -0.1) is 0 Å². The number of hydrogen-bond acceptors (Lipinski definition) is 4. The van der Waals surface area contributed by atoms with Crippen LogP contribution in [0.2, 0.25) is 0 Å². The van der Waals surface area contributed by atoms with Crippen LogP contribution < -0.4 is 0 Å². The first-order valence-electron chi connectivity index (χ1n) is 6.57. The van der Waals surface area contributed by atoms with Gasteiger partial charge in [-0.3, -0.25) is 0 Å². The standard InChI is InChI=1S/C17H15NO2S/c1-3-13-6-9-15(10-16(13)17(19)20-2)21-14-7-4-12(11-18)5-8-14/h4-10H,3H2,1-2H3.